The molecule has 2 aliphatic rings. The third-order valence-corrected chi connectivity index (χ3v) is 4.35. The van der Waals surface area contributed by atoms with Gasteiger partial charge in [-0.1, -0.05) is 13.8 Å². The molecular weight excluding hydrogens is 224 g/mol. The van der Waals surface area contributed by atoms with Crippen LogP contribution in [0.25, 0.3) is 0 Å². The lowest BCUT2D eigenvalue weighted by Gasteiger charge is -2.40. The van der Waals surface area contributed by atoms with Crippen LogP contribution in [0, 0.1) is 5.92 Å². The maximum absolute atomic E-state index is 11.9. The van der Waals surface area contributed by atoms with Gasteiger partial charge in [-0.25, -0.2) is 0 Å². The highest BCUT2D eigenvalue weighted by molar-refractivity contribution is 7.99. The third-order valence-electron chi connectivity index (χ3n) is 3.20. The molecule has 2 aliphatic heterocycles. The number of nitrogens with zero attached hydrogens (tertiary/aromatic N) is 1. The van der Waals surface area contributed by atoms with E-state index < -0.39 is 0 Å². The van der Waals surface area contributed by atoms with Gasteiger partial charge < -0.3 is 10.2 Å². The van der Waals surface area contributed by atoms with E-state index in [2.05, 4.69) is 5.32 Å². The summed E-state index contributed by atoms with van der Waals surface area (Å²) in [5, 5.41) is 2.68. The molecule has 5 heteroatoms. The number of hydrogen-bond donors (Lipinski definition) is 1. The van der Waals surface area contributed by atoms with Gasteiger partial charge in [0.2, 0.25) is 11.8 Å². The fourth-order valence-electron chi connectivity index (χ4n) is 2.44. The van der Waals surface area contributed by atoms with Crippen LogP contribution < -0.4 is 5.32 Å². The second-order valence-electron chi connectivity index (χ2n) is 4.73. The Kier molecular flexibility index (Phi) is 3.42. The van der Waals surface area contributed by atoms with Gasteiger partial charge in [-0.15, -0.1) is 0 Å². The number of rotatable bonds is 2. The number of piperazine rings is 1. The minimum absolute atomic E-state index is 0.00602. The van der Waals surface area contributed by atoms with Crippen molar-refractivity contribution in [3.05, 3.63) is 0 Å². The predicted molar refractivity (Wildman–Crippen MR) is 64.2 cm³/mol. The number of nitrogens with one attached hydrogen (secondary N) is 1. The highest BCUT2D eigenvalue weighted by Crippen LogP contribution is 2.27. The Morgan fingerprint density at radius 2 is 2.19 bits per heavy atom. The van der Waals surface area contributed by atoms with Gasteiger partial charge in [0.05, 0.1) is 6.54 Å². The normalized spacial score (nSPS) is 31.1. The summed E-state index contributed by atoms with van der Waals surface area (Å²) in [5.74, 6) is 2.33. The van der Waals surface area contributed by atoms with Gasteiger partial charge in [-0.3, -0.25) is 9.59 Å². The van der Waals surface area contributed by atoms with Crippen LogP contribution in [-0.2, 0) is 9.59 Å². The molecule has 0 spiro atoms. The zero-order chi connectivity index (χ0) is 11.7. The molecule has 2 rings (SSSR count). The molecule has 2 atom stereocenters. The lowest BCUT2D eigenvalue weighted by atomic mass is 9.97. The van der Waals surface area contributed by atoms with E-state index in [4.69, 9.17) is 0 Å². The Morgan fingerprint density at radius 1 is 1.44 bits per heavy atom. The van der Waals surface area contributed by atoms with Crippen molar-refractivity contribution >= 4 is 23.6 Å². The molecule has 0 aromatic rings. The van der Waals surface area contributed by atoms with Crippen molar-refractivity contribution in [1.82, 2.24) is 10.2 Å². The van der Waals surface area contributed by atoms with E-state index >= 15 is 0 Å². The summed E-state index contributed by atoms with van der Waals surface area (Å²) >= 11 is 1.87. The molecule has 2 unspecified atom stereocenters. The van der Waals surface area contributed by atoms with Gasteiger partial charge in [-0.2, -0.15) is 11.8 Å². The molecule has 90 valence electrons. The SMILES string of the molecule is CC(C)C1C(=O)NCC(=O)N1C1CCSC1. The number of thioether (sulfide) groups is 1. The van der Waals surface area contributed by atoms with Crippen molar-refractivity contribution in [3.8, 4) is 0 Å². The monoisotopic (exact) mass is 242 g/mol. The van der Waals surface area contributed by atoms with E-state index in [-0.39, 0.29) is 36.4 Å². The molecule has 2 amide bonds. The predicted octanol–water partition coefficient (Wildman–Crippen LogP) is 0.475. The topological polar surface area (TPSA) is 49.4 Å². The second-order valence-corrected chi connectivity index (χ2v) is 5.87. The molecule has 4 nitrogen and oxygen atoms in total. The summed E-state index contributed by atoms with van der Waals surface area (Å²) < 4.78 is 0. The maximum Gasteiger partial charge on any atom is 0.243 e. The smallest absolute Gasteiger partial charge is 0.243 e. The summed E-state index contributed by atoms with van der Waals surface area (Å²) in [4.78, 5) is 25.6. The first-order chi connectivity index (χ1) is 7.61. The van der Waals surface area contributed by atoms with E-state index in [0.717, 1.165) is 17.9 Å². The maximum atomic E-state index is 11.9. The van der Waals surface area contributed by atoms with Crippen LogP contribution in [0.5, 0.6) is 0 Å². The fourth-order valence-corrected chi connectivity index (χ4v) is 3.64. The Labute approximate surface area is 100 Å². The fraction of sp³-hybridized carbons (Fsp3) is 0.818. The van der Waals surface area contributed by atoms with E-state index in [1.54, 1.807) is 0 Å². The molecule has 1 N–H and O–H groups in total. The van der Waals surface area contributed by atoms with E-state index in [9.17, 15) is 9.59 Å². The Morgan fingerprint density at radius 3 is 2.75 bits per heavy atom. The van der Waals surface area contributed by atoms with Crippen molar-refractivity contribution in [2.24, 2.45) is 5.92 Å². The standard InChI is InChI=1S/C11H18N2O2S/c1-7(2)10-11(15)12-5-9(14)13(10)8-3-4-16-6-8/h7-8,10H,3-6H2,1-2H3,(H,12,15). The minimum atomic E-state index is -0.273. The highest BCUT2D eigenvalue weighted by Gasteiger charge is 2.41. The van der Waals surface area contributed by atoms with Gasteiger partial charge in [0, 0.05) is 11.8 Å². The van der Waals surface area contributed by atoms with Crippen molar-refractivity contribution in [2.45, 2.75) is 32.4 Å². The summed E-state index contributed by atoms with van der Waals surface area (Å²) in [6.07, 6.45) is 1.02. The molecule has 16 heavy (non-hydrogen) atoms. The van der Waals surface area contributed by atoms with E-state index in [1.165, 1.54) is 0 Å². The molecular formula is C11H18N2O2S. The highest BCUT2D eigenvalue weighted by atomic mass is 32.2. The Bertz CT molecular complexity index is 300. The Balaban J connectivity index is 2.20. The number of amides is 2. The van der Waals surface area contributed by atoms with Crippen LogP contribution in [0.3, 0.4) is 0 Å². The van der Waals surface area contributed by atoms with Crippen LogP contribution >= 0.6 is 11.8 Å². The molecule has 0 aromatic carbocycles. The van der Waals surface area contributed by atoms with Crippen LogP contribution in [0.2, 0.25) is 0 Å². The molecule has 2 fully saturated rings. The molecule has 0 aromatic heterocycles. The molecule has 0 radical (unpaired) electrons. The molecule has 2 saturated heterocycles. The van der Waals surface area contributed by atoms with Crippen LogP contribution in [-0.4, -0.2) is 46.8 Å². The first-order valence-electron chi connectivity index (χ1n) is 5.78. The van der Waals surface area contributed by atoms with Crippen molar-refractivity contribution < 1.29 is 9.59 Å². The molecule has 2 heterocycles. The van der Waals surface area contributed by atoms with Crippen molar-refractivity contribution in [1.29, 1.82) is 0 Å². The molecule has 0 aliphatic carbocycles. The molecule has 0 bridgehead atoms. The van der Waals surface area contributed by atoms with Crippen LogP contribution in [0.4, 0.5) is 0 Å². The third kappa shape index (κ3) is 2.05. The largest absolute Gasteiger partial charge is 0.345 e. The lowest BCUT2D eigenvalue weighted by molar-refractivity contribution is -0.149. The number of hydrogen-bond acceptors (Lipinski definition) is 3. The number of carbonyl (C=O) groups is 2. The minimum Gasteiger partial charge on any atom is -0.345 e. The van der Waals surface area contributed by atoms with Crippen LogP contribution in [0.15, 0.2) is 0 Å². The van der Waals surface area contributed by atoms with Gasteiger partial charge in [0.25, 0.3) is 0 Å². The van der Waals surface area contributed by atoms with E-state index in [0.29, 0.717) is 0 Å². The van der Waals surface area contributed by atoms with Crippen LogP contribution in [0.1, 0.15) is 20.3 Å². The zero-order valence-corrected chi connectivity index (χ0v) is 10.5. The van der Waals surface area contributed by atoms with Gasteiger partial charge in [0.15, 0.2) is 0 Å². The lowest BCUT2D eigenvalue weighted by Crippen LogP contribution is -2.63. The second kappa shape index (κ2) is 4.65. The van der Waals surface area contributed by atoms with Crippen molar-refractivity contribution in [3.63, 3.8) is 0 Å². The van der Waals surface area contributed by atoms with Crippen molar-refractivity contribution in [2.75, 3.05) is 18.1 Å². The van der Waals surface area contributed by atoms with Gasteiger partial charge in [0.1, 0.15) is 6.04 Å². The summed E-state index contributed by atoms with van der Waals surface area (Å²) in [7, 11) is 0. The van der Waals surface area contributed by atoms with Gasteiger partial charge >= 0.3 is 0 Å². The zero-order valence-electron chi connectivity index (χ0n) is 9.73. The van der Waals surface area contributed by atoms with E-state index in [1.807, 2.05) is 30.5 Å². The number of carbonyl (C=O) groups excluding carboxylic acids is 2. The Hall–Kier alpha value is -0.710. The summed E-state index contributed by atoms with van der Waals surface area (Å²) in [6.45, 7) is 4.17. The summed E-state index contributed by atoms with van der Waals surface area (Å²) in [5.41, 5.74) is 0. The summed E-state index contributed by atoms with van der Waals surface area (Å²) in [6, 6.07) is -0.0131. The average molecular weight is 242 g/mol. The van der Waals surface area contributed by atoms with Gasteiger partial charge in [-0.05, 0) is 18.1 Å². The first-order valence-corrected chi connectivity index (χ1v) is 6.93. The average Bonchev–Trinajstić information content (AvgIpc) is 2.73. The first kappa shape index (κ1) is 11.8. The quantitative estimate of drug-likeness (QED) is 0.766. The molecule has 0 saturated carbocycles.